The number of benzene rings is 1. The first-order chi connectivity index (χ1) is 10.4. The van der Waals surface area contributed by atoms with Crippen molar-refractivity contribution in [2.24, 2.45) is 0 Å². The molecule has 0 bridgehead atoms. The zero-order valence-electron chi connectivity index (χ0n) is 13.2. The molecule has 1 N–H and O–H groups in total. The van der Waals surface area contributed by atoms with E-state index in [-0.39, 0.29) is 17.9 Å². The van der Waals surface area contributed by atoms with Crippen LogP contribution in [-0.2, 0) is 9.59 Å². The van der Waals surface area contributed by atoms with Crippen molar-refractivity contribution in [3.8, 4) is 0 Å². The van der Waals surface area contributed by atoms with E-state index in [4.69, 9.17) is 11.6 Å². The molecule has 1 atom stereocenters. The van der Waals surface area contributed by atoms with Crippen LogP contribution in [0.5, 0.6) is 0 Å². The summed E-state index contributed by atoms with van der Waals surface area (Å²) in [6.45, 7) is 8.16. The maximum atomic E-state index is 12.4. The number of piperazine rings is 1. The van der Waals surface area contributed by atoms with Gasteiger partial charge < -0.3 is 10.2 Å². The molecule has 1 aromatic rings. The predicted octanol–water partition coefficient (Wildman–Crippen LogP) is 2.14. The highest BCUT2D eigenvalue weighted by atomic mass is 35.5. The number of carbonyl (C=O) groups excluding carboxylic acids is 2. The normalized spacial score (nSPS) is 17.2. The van der Waals surface area contributed by atoms with Gasteiger partial charge in [-0.3, -0.25) is 14.5 Å². The lowest BCUT2D eigenvalue weighted by Crippen LogP contribution is -2.53. The highest BCUT2D eigenvalue weighted by Gasteiger charge is 2.26. The van der Waals surface area contributed by atoms with E-state index in [0.717, 1.165) is 11.3 Å². The molecule has 0 spiro atoms. The van der Waals surface area contributed by atoms with Crippen LogP contribution in [-0.4, -0.2) is 53.8 Å². The first-order valence-electron chi connectivity index (χ1n) is 7.45. The summed E-state index contributed by atoms with van der Waals surface area (Å²) in [5.41, 5.74) is 1.72. The van der Waals surface area contributed by atoms with Gasteiger partial charge in [-0.15, -0.1) is 0 Å². The van der Waals surface area contributed by atoms with Gasteiger partial charge in [-0.05, 0) is 31.5 Å². The fraction of sp³-hybridized carbons (Fsp3) is 0.500. The van der Waals surface area contributed by atoms with Crippen molar-refractivity contribution in [3.05, 3.63) is 28.8 Å². The van der Waals surface area contributed by atoms with Gasteiger partial charge in [0, 0.05) is 43.8 Å². The van der Waals surface area contributed by atoms with Gasteiger partial charge in [0.1, 0.15) is 0 Å². The van der Waals surface area contributed by atoms with Crippen molar-refractivity contribution >= 4 is 29.1 Å². The number of hydrogen-bond acceptors (Lipinski definition) is 3. The van der Waals surface area contributed by atoms with E-state index in [1.165, 1.54) is 0 Å². The predicted molar refractivity (Wildman–Crippen MR) is 88.1 cm³/mol. The minimum absolute atomic E-state index is 0.0540. The lowest BCUT2D eigenvalue weighted by Gasteiger charge is -2.37. The molecule has 1 saturated heterocycles. The van der Waals surface area contributed by atoms with Crippen LogP contribution in [0.3, 0.4) is 0 Å². The summed E-state index contributed by atoms with van der Waals surface area (Å²) in [6, 6.07) is 5.20. The zero-order chi connectivity index (χ0) is 16.3. The van der Waals surface area contributed by atoms with Crippen LogP contribution in [0.1, 0.15) is 19.4 Å². The maximum Gasteiger partial charge on any atom is 0.241 e. The number of nitrogens with zero attached hydrogens (tertiary/aromatic N) is 2. The number of aryl methyl sites for hydroxylation is 1. The van der Waals surface area contributed by atoms with Gasteiger partial charge in [0.2, 0.25) is 11.8 Å². The molecule has 0 aromatic heterocycles. The van der Waals surface area contributed by atoms with E-state index in [1.807, 2.05) is 24.8 Å². The molecule has 1 aliphatic heterocycles. The number of carbonyl (C=O) groups is 2. The van der Waals surface area contributed by atoms with Gasteiger partial charge >= 0.3 is 0 Å². The molecule has 0 unspecified atom stereocenters. The molecule has 0 radical (unpaired) electrons. The van der Waals surface area contributed by atoms with Gasteiger partial charge in [-0.2, -0.15) is 0 Å². The minimum atomic E-state index is -0.243. The molecule has 22 heavy (non-hydrogen) atoms. The minimum Gasteiger partial charge on any atom is -0.340 e. The molecule has 1 heterocycles. The molecule has 2 amide bonds. The third-order valence-electron chi connectivity index (χ3n) is 4.14. The number of rotatable bonds is 3. The first kappa shape index (κ1) is 16.8. The number of hydrogen-bond donors (Lipinski definition) is 1. The summed E-state index contributed by atoms with van der Waals surface area (Å²) < 4.78 is 0. The Hall–Kier alpha value is -1.59. The Morgan fingerprint density at radius 3 is 2.45 bits per heavy atom. The Kier molecular flexibility index (Phi) is 5.42. The Labute approximate surface area is 136 Å². The molecule has 120 valence electrons. The molecule has 0 aliphatic carbocycles. The number of amides is 2. The largest absolute Gasteiger partial charge is 0.340 e. The lowest BCUT2D eigenvalue weighted by atomic mass is 10.1. The highest BCUT2D eigenvalue weighted by Crippen LogP contribution is 2.20. The molecule has 1 fully saturated rings. The SMILES string of the molecule is CC(=O)N1CCN([C@@H](C)C(=O)Nc2cc(Cl)ccc2C)CC1. The van der Waals surface area contributed by atoms with Crippen molar-refractivity contribution in [1.82, 2.24) is 9.80 Å². The number of halogens is 1. The summed E-state index contributed by atoms with van der Waals surface area (Å²) in [5, 5.41) is 3.54. The summed E-state index contributed by atoms with van der Waals surface area (Å²) in [5.74, 6) is 0.0351. The molecule has 0 saturated carbocycles. The van der Waals surface area contributed by atoms with Crippen LogP contribution in [0, 0.1) is 6.92 Å². The van der Waals surface area contributed by atoms with Crippen molar-refractivity contribution in [2.75, 3.05) is 31.5 Å². The summed E-state index contributed by atoms with van der Waals surface area (Å²) >= 11 is 5.98. The smallest absolute Gasteiger partial charge is 0.241 e. The molecular formula is C16H22ClN3O2. The molecule has 2 rings (SSSR count). The molecule has 1 aliphatic rings. The van der Waals surface area contributed by atoms with E-state index < -0.39 is 0 Å². The van der Waals surface area contributed by atoms with Gasteiger partial charge in [-0.1, -0.05) is 17.7 Å². The number of anilines is 1. The van der Waals surface area contributed by atoms with Crippen molar-refractivity contribution < 1.29 is 9.59 Å². The zero-order valence-corrected chi connectivity index (χ0v) is 14.0. The molecule has 6 heteroatoms. The van der Waals surface area contributed by atoms with E-state index in [2.05, 4.69) is 10.2 Å². The molecule has 5 nitrogen and oxygen atoms in total. The maximum absolute atomic E-state index is 12.4. The van der Waals surface area contributed by atoms with E-state index in [1.54, 1.807) is 19.1 Å². The Morgan fingerprint density at radius 2 is 1.86 bits per heavy atom. The third-order valence-corrected chi connectivity index (χ3v) is 4.38. The lowest BCUT2D eigenvalue weighted by molar-refractivity contribution is -0.131. The fourth-order valence-electron chi connectivity index (χ4n) is 2.56. The second-order valence-electron chi connectivity index (χ2n) is 5.67. The second-order valence-corrected chi connectivity index (χ2v) is 6.10. The number of nitrogens with one attached hydrogen (secondary N) is 1. The van der Waals surface area contributed by atoms with Crippen LogP contribution in [0.25, 0.3) is 0 Å². The monoisotopic (exact) mass is 323 g/mol. The van der Waals surface area contributed by atoms with Gasteiger partial charge in [0.15, 0.2) is 0 Å². The van der Waals surface area contributed by atoms with Crippen LogP contribution in [0.4, 0.5) is 5.69 Å². The van der Waals surface area contributed by atoms with E-state index >= 15 is 0 Å². The van der Waals surface area contributed by atoms with Crippen LogP contribution in [0.2, 0.25) is 5.02 Å². The molecular weight excluding hydrogens is 302 g/mol. The standard InChI is InChI=1S/C16H22ClN3O2/c1-11-4-5-14(17)10-15(11)18-16(22)12(2)19-6-8-20(9-7-19)13(3)21/h4-5,10,12H,6-9H2,1-3H3,(H,18,22)/t12-/m0/s1. The van der Waals surface area contributed by atoms with E-state index in [9.17, 15) is 9.59 Å². The Morgan fingerprint density at radius 1 is 1.23 bits per heavy atom. The van der Waals surface area contributed by atoms with E-state index in [0.29, 0.717) is 31.2 Å². The fourth-order valence-corrected chi connectivity index (χ4v) is 2.73. The van der Waals surface area contributed by atoms with Crippen LogP contribution < -0.4 is 5.32 Å². The summed E-state index contributed by atoms with van der Waals surface area (Å²) in [4.78, 5) is 27.6. The van der Waals surface area contributed by atoms with Crippen molar-refractivity contribution in [2.45, 2.75) is 26.8 Å². The quantitative estimate of drug-likeness (QED) is 0.927. The molecule has 1 aromatic carbocycles. The summed E-state index contributed by atoms with van der Waals surface area (Å²) in [7, 11) is 0. The van der Waals surface area contributed by atoms with Gasteiger partial charge in [0.25, 0.3) is 0 Å². The highest BCUT2D eigenvalue weighted by molar-refractivity contribution is 6.31. The Balaban J connectivity index is 1.95. The van der Waals surface area contributed by atoms with Crippen molar-refractivity contribution in [1.29, 1.82) is 0 Å². The summed E-state index contributed by atoms with van der Waals surface area (Å²) in [6.07, 6.45) is 0. The van der Waals surface area contributed by atoms with Gasteiger partial charge in [-0.25, -0.2) is 0 Å². The average molecular weight is 324 g/mol. The second kappa shape index (κ2) is 7.11. The van der Waals surface area contributed by atoms with Crippen LogP contribution in [0.15, 0.2) is 18.2 Å². The third kappa shape index (κ3) is 3.99. The van der Waals surface area contributed by atoms with Crippen molar-refractivity contribution in [3.63, 3.8) is 0 Å². The van der Waals surface area contributed by atoms with Crippen LogP contribution >= 0.6 is 11.6 Å². The Bertz CT molecular complexity index is 569. The average Bonchev–Trinajstić information content (AvgIpc) is 2.50. The topological polar surface area (TPSA) is 52.7 Å². The van der Waals surface area contributed by atoms with Gasteiger partial charge in [0.05, 0.1) is 6.04 Å². The first-order valence-corrected chi connectivity index (χ1v) is 7.83.